The van der Waals surface area contributed by atoms with E-state index in [0.29, 0.717) is 6.54 Å². The van der Waals surface area contributed by atoms with Crippen LogP contribution in [-0.2, 0) is 6.54 Å². The maximum Gasteiger partial charge on any atom is 0.434 e. The average Bonchev–Trinajstić information content (AvgIpc) is 2.95. The van der Waals surface area contributed by atoms with Crippen LogP contribution in [-0.4, -0.2) is 61.6 Å². The van der Waals surface area contributed by atoms with Gasteiger partial charge in [-0.1, -0.05) is 26.6 Å². The van der Waals surface area contributed by atoms with Gasteiger partial charge in [0.2, 0.25) is 0 Å². The molecule has 1 saturated heterocycles. The molecule has 1 aromatic rings. The number of imidazole rings is 1. The van der Waals surface area contributed by atoms with Crippen LogP contribution in [0.4, 0.5) is 5.95 Å². The zero-order chi connectivity index (χ0) is 17.8. The first kappa shape index (κ1) is 19.6. The largest absolute Gasteiger partial charge is 0.434 e. The van der Waals surface area contributed by atoms with Gasteiger partial charge in [0.15, 0.2) is 0 Å². The number of nitrogens with one attached hydrogen (secondary N) is 1. The van der Waals surface area contributed by atoms with E-state index in [2.05, 4.69) is 42.9 Å². The maximum absolute atomic E-state index is 11.0. The molecule has 0 amide bonds. The Hall–Kier alpha value is -0.770. The molecule has 7 nitrogen and oxygen atoms in total. The van der Waals surface area contributed by atoms with E-state index in [0.717, 1.165) is 32.7 Å². The molecule has 1 fully saturated rings. The second-order valence-electron chi connectivity index (χ2n) is 7.32. The SMILES string of the molecule is CC1(C)CNCCN(CCn2ccnc2[N+](=O)[O-])CC(C)(C)SS1. The number of nitro groups is 1. The minimum atomic E-state index is -0.428. The van der Waals surface area contributed by atoms with E-state index in [1.165, 1.54) is 6.20 Å². The number of hydrogen-bond donors (Lipinski definition) is 1. The molecule has 1 aliphatic heterocycles. The summed E-state index contributed by atoms with van der Waals surface area (Å²) in [6.07, 6.45) is 3.16. The summed E-state index contributed by atoms with van der Waals surface area (Å²) in [4.78, 5) is 16.7. The highest BCUT2D eigenvalue weighted by Crippen LogP contribution is 2.43. The van der Waals surface area contributed by atoms with Crippen LogP contribution in [0.15, 0.2) is 12.4 Å². The zero-order valence-electron chi connectivity index (χ0n) is 14.8. The molecule has 0 radical (unpaired) electrons. The molecule has 2 heterocycles. The van der Waals surface area contributed by atoms with Crippen molar-refractivity contribution < 1.29 is 4.92 Å². The molecular formula is C15H27N5O2S2. The lowest BCUT2D eigenvalue weighted by molar-refractivity contribution is -0.396. The molecule has 2 rings (SSSR count). The first-order valence-corrected chi connectivity index (χ1v) is 10.3. The molecule has 0 aliphatic carbocycles. The highest BCUT2D eigenvalue weighted by Gasteiger charge is 2.29. The van der Waals surface area contributed by atoms with Crippen LogP contribution in [0.25, 0.3) is 0 Å². The summed E-state index contributed by atoms with van der Waals surface area (Å²) in [6.45, 7) is 14.2. The van der Waals surface area contributed by atoms with Gasteiger partial charge in [0.05, 0.1) is 6.54 Å². The normalized spacial score (nSPS) is 22.2. The van der Waals surface area contributed by atoms with Gasteiger partial charge < -0.3 is 15.4 Å². The van der Waals surface area contributed by atoms with E-state index >= 15 is 0 Å². The Morgan fingerprint density at radius 1 is 1.29 bits per heavy atom. The fourth-order valence-corrected chi connectivity index (χ4v) is 5.15. The third-order valence-corrected chi connectivity index (χ3v) is 7.98. The average molecular weight is 374 g/mol. The van der Waals surface area contributed by atoms with E-state index in [9.17, 15) is 10.1 Å². The predicted molar refractivity (Wildman–Crippen MR) is 102 cm³/mol. The van der Waals surface area contributed by atoms with E-state index in [-0.39, 0.29) is 15.4 Å². The number of aromatic nitrogens is 2. The molecule has 0 aromatic carbocycles. The maximum atomic E-state index is 11.0. The summed E-state index contributed by atoms with van der Waals surface area (Å²) in [6, 6.07) is 0. The summed E-state index contributed by atoms with van der Waals surface area (Å²) in [5, 5.41) is 14.5. The third kappa shape index (κ3) is 5.94. The molecule has 24 heavy (non-hydrogen) atoms. The topological polar surface area (TPSA) is 76.2 Å². The smallest absolute Gasteiger partial charge is 0.390 e. The fourth-order valence-electron chi connectivity index (χ4n) is 2.61. The summed E-state index contributed by atoms with van der Waals surface area (Å²) in [5.74, 6) is -0.0832. The van der Waals surface area contributed by atoms with Gasteiger partial charge in [-0.05, 0) is 32.6 Å². The number of hydrogen-bond acceptors (Lipinski definition) is 7. The van der Waals surface area contributed by atoms with Crippen LogP contribution in [0, 0.1) is 10.1 Å². The van der Waals surface area contributed by atoms with Crippen LogP contribution in [0.2, 0.25) is 0 Å². The molecule has 0 saturated carbocycles. The molecule has 0 atom stereocenters. The van der Waals surface area contributed by atoms with Crippen molar-refractivity contribution in [2.75, 3.05) is 32.7 Å². The van der Waals surface area contributed by atoms with E-state index in [1.807, 2.05) is 21.6 Å². The molecular weight excluding hydrogens is 346 g/mol. The molecule has 0 bridgehead atoms. The Morgan fingerprint density at radius 3 is 2.71 bits per heavy atom. The summed E-state index contributed by atoms with van der Waals surface area (Å²) in [7, 11) is 3.86. The van der Waals surface area contributed by atoms with Gasteiger partial charge in [0.1, 0.15) is 12.4 Å². The Balaban J connectivity index is 1.98. The van der Waals surface area contributed by atoms with Crippen molar-refractivity contribution in [3.05, 3.63) is 22.5 Å². The molecule has 9 heteroatoms. The molecule has 0 unspecified atom stereocenters. The van der Waals surface area contributed by atoms with Crippen LogP contribution in [0.3, 0.4) is 0 Å². The molecule has 0 spiro atoms. The van der Waals surface area contributed by atoms with Crippen molar-refractivity contribution in [1.29, 1.82) is 0 Å². The lowest BCUT2D eigenvalue weighted by Gasteiger charge is -2.36. The molecule has 1 aliphatic rings. The minimum absolute atomic E-state index is 0.0832. The second-order valence-corrected chi connectivity index (χ2v) is 10.9. The quantitative estimate of drug-likeness (QED) is 0.494. The van der Waals surface area contributed by atoms with Crippen LogP contribution in [0.5, 0.6) is 0 Å². The van der Waals surface area contributed by atoms with E-state index < -0.39 is 4.92 Å². The minimum Gasteiger partial charge on any atom is -0.390 e. The van der Waals surface area contributed by atoms with Gasteiger partial charge in [-0.25, -0.2) is 4.57 Å². The van der Waals surface area contributed by atoms with E-state index in [1.54, 1.807) is 10.8 Å². The second kappa shape index (κ2) is 8.07. The van der Waals surface area contributed by atoms with Crippen LogP contribution in [0.1, 0.15) is 27.7 Å². The Morgan fingerprint density at radius 2 is 2.00 bits per heavy atom. The molecule has 1 aromatic heterocycles. The number of nitrogens with zero attached hydrogens (tertiary/aromatic N) is 4. The third-order valence-electron chi connectivity index (χ3n) is 3.77. The summed E-state index contributed by atoms with van der Waals surface area (Å²) < 4.78 is 1.95. The van der Waals surface area contributed by atoms with Crippen molar-refractivity contribution in [2.45, 2.75) is 43.7 Å². The van der Waals surface area contributed by atoms with Crippen LogP contribution < -0.4 is 5.32 Å². The summed E-state index contributed by atoms with van der Waals surface area (Å²) >= 11 is 0. The molecule has 1 N–H and O–H groups in total. The van der Waals surface area contributed by atoms with Crippen molar-refractivity contribution in [2.24, 2.45) is 0 Å². The highest BCUT2D eigenvalue weighted by atomic mass is 33.1. The monoisotopic (exact) mass is 373 g/mol. The lowest BCUT2D eigenvalue weighted by Crippen LogP contribution is -2.45. The predicted octanol–water partition coefficient (Wildman–Crippen LogP) is 2.64. The van der Waals surface area contributed by atoms with Gasteiger partial charge in [-0.3, -0.25) is 4.90 Å². The lowest BCUT2D eigenvalue weighted by atomic mass is 10.2. The standard InChI is InChI=1S/C15H27N5O2S2/c1-14(2)11-16-5-7-18(12-15(3,4)24-23-14)9-10-19-8-6-17-13(19)20(21)22/h6,8,16H,5,7,9-12H2,1-4H3. The van der Waals surface area contributed by atoms with Gasteiger partial charge in [0, 0.05) is 42.2 Å². The Labute approximate surface area is 151 Å². The first-order chi connectivity index (χ1) is 11.2. The van der Waals surface area contributed by atoms with Crippen molar-refractivity contribution >= 4 is 27.5 Å². The molecule has 136 valence electrons. The van der Waals surface area contributed by atoms with Crippen molar-refractivity contribution in [3.8, 4) is 0 Å². The van der Waals surface area contributed by atoms with Gasteiger partial charge in [-0.2, -0.15) is 0 Å². The van der Waals surface area contributed by atoms with E-state index in [4.69, 9.17) is 0 Å². The Bertz CT molecular complexity index is 562. The van der Waals surface area contributed by atoms with Gasteiger partial charge >= 0.3 is 5.95 Å². The highest BCUT2D eigenvalue weighted by molar-refractivity contribution is 8.77. The fraction of sp³-hybridized carbons (Fsp3) is 0.800. The Kier molecular flexibility index (Phi) is 6.58. The van der Waals surface area contributed by atoms with Crippen LogP contribution >= 0.6 is 21.6 Å². The van der Waals surface area contributed by atoms with Gasteiger partial charge in [-0.15, -0.1) is 0 Å². The number of rotatable bonds is 4. The van der Waals surface area contributed by atoms with Gasteiger partial charge in [0.25, 0.3) is 0 Å². The summed E-state index contributed by atoms with van der Waals surface area (Å²) in [5.41, 5.74) is 0. The zero-order valence-corrected chi connectivity index (χ0v) is 16.5. The van der Waals surface area contributed by atoms with Crippen molar-refractivity contribution in [1.82, 2.24) is 19.8 Å². The first-order valence-electron chi connectivity index (χ1n) is 8.14. The van der Waals surface area contributed by atoms with Crippen molar-refractivity contribution in [3.63, 3.8) is 0 Å².